The quantitative estimate of drug-likeness (QED) is 0.607. The van der Waals surface area contributed by atoms with Crippen molar-refractivity contribution in [1.29, 1.82) is 0 Å². The van der Waals surface area contributed by atoms with Crippen molar-refractivity contribution in [1.82, 2.24) is 5.32 Å². The summed E-state index contributed by atoms with van der Waals surface area (Å²) in [6.07, 6.45) is 7.52. The van der Waals surface area contributed by atoms with Gasteiger partial charge in [-0.05, 0) is 77.0 Å². The van der Waals surface area contributed by atoms with Crippen molar-refractivity contribution in [3.63, 3.8) is 0 Å². The molecule has 0 unspecified atom stereocenters. The largest absolute Gasteiger partial charge is 0.459 e. The number of allylic oxidation sites excluding steroid dienone is 3. The molecule has 172 valence electrons. The second-order valence-corrected chi connectivity index (χ2v) is 9.19. The summed E-state index contributed by atoms with van der Waals surface area (Å²) in [4.78, 5) is 28.8. The predicted molar refractivity (Wildman–Crippen MR) is 127 cm³/mol. The summed E-state index contributed by atoms with van der Waals surface area (Å²) in [5.74, 6) is -0.488. The third kappa shape index (κ3) is 4.48. The highest BCUT2D eigenvalue weighted by atomic mass is 16.5. The number of esters is 1. The number of carbonyl (C=O) groups is 2. The summed E-state index contributed by atoms with van der Waals surface area (Å²) in [7, 11) is 0. The van der Waals surface area contributed by atoms with Crippen molar-refractivity contribution in [3.8, 4) is 0 Å². The van der Waals surface area contributed by atoms with E-state index in [0.29, 0.717) is 12.0 Å². The normalized spacial score (nSPS) is 21.8. The molecule has 1 aliphatic heterocycles. The van der Waals surface area contributed by atoms with Gasteiger partial charge in [-0.3, -0.25) is 4.79 Å². The molecule has 0 amide bonds. The molecule has 5 nitrogen and oxygen atoms in total. The lowest BCUT2D eigenvalue weighted by molar-refractivity contribution is -0.146. The van der Waals surface area contributed by atoms with E-state index in [4.69, 9.17) is 4.74 Å². The zero-order valence-corrected chi connectivity index (χ0v) is 19.7. The average molecular weight is 437 g/mol. The van der Waals surface area contributed by atoms with Gasteiger partial charge in [0, 0.05) is 48.1 Å². The fourth-order valence-electron chi connectivity index (χ4n) is 5.45. The van der Waals surface area contributed by atoms with Crippen molar-refractivity contribution in [2.24, 2.45) is 0 Å². The monoisotopic (exact) mass is 436 g/mol. The Kier molecular flexibility index (Phi) is 7.02. The molecular formula is C27H36N2O3. The summed E-state index contributed by atoms with van der Waals surface area (Å²) in [6.45, 7) is 8.11. The Hall–Kier alpha value is -2.56. The van der Waals surface area contributed by atoms with E-state index in [1.165, 1.54) is 6.42 Å². The SMILES string of the molecule is CCN(CC)c1ccc([C@@H]2C(C(=O)OC3CCCCC3)=C(C)NC3=C2C(=O)CCC3)cc1. The molecule has 0 saturated heterocycles. The van der Waals surface area contributed by atoms with Crippen LogP contribution in [0.4, 0.5) is 5.69 Å². The average Bonchev–Trinajstić information content (AvgIpc) is 2.80. The number of dihydropyridines is 1. The van der Waals surface area contributed by atoms with Gasteiger partial charge in [0.05, 0.1) is 5.57 Å². The third-order valence-corrected chi connectivity index (χ3v) is 7.18. The molecule has 0 radical (unpaired) electrons. The first-order valence-electron chi connectivity index (χ1n) is 12.3. The van der Waals surface area contributed by atoms with E-state index in [1.54, 1.807) is 0 Å². The lowest BCUT2D eigenvalue weighted by atomic mass is 9.75. The number of nitrogens with zero attached hydrogens (tertiary/aromatic N) is 1. The number of nitrogens with one attached hydrogen (secondary N) is 1. The van der Waals surface area contributed by atoms with Crippen LogP contribution in [0.25, 0.3) is 0 Å². The molecule has 3 aliphatic rings. The highest BCUT2D eigenvalue weighted by Crippen LogP contribution is 2.43. The summed E-state index contributed by atoms with van der Waals surface area (Å²) >= 11 is 0. The molecule has 32 heavy (non-hydrogen) atoms. The first-order chi connectivity index (χ1) is 15.5. The number of ether oxygens (including phenoxy) is 1. The van der Waals surface area contributed by atoms with E-state index in [0.717, 1.165) is 79.8 Å². The number of benzene rings is 1. The molecule has 1 fully saturated rings. The van der Waals surface area contributed by atoms with Crippen LogP contribution >= 0.6 is 0 Å². The Morgan fingerprint density at radius 1 is 1.03 bits per heavy atom. The summed E-state index contributed by atoms with van der Waals surface area (Å²) in [5, 5.41) is 3.39. The van der Waals surface area contributed by atoms with Gasteiger partial charge in [0.25, 0.3) is 0 Å². The highest BCUT2D eigenvalue weighted by molar-refractivity contribution is 6.03. The van der Waals surface area contributed by atoms with Crippen LogP contribution in [0.3, 0.4) is 0 Å². The number of carbonyl (C=O) groups excluding carboxylic acids is 2. The van der Waals surface area contributed by atoms with Gasteiger partial charge >= 0.3 is 5.97 Å². The van der Waals surface area contributed by atoms with Crippen molar-refractivity contribution >= 4 is 17.4 Å². The van der Waals surface area contributed by atoms with E-state index in [9.17, 15) is 9.59 Å². The maximum absolute atomic E-state index is 13.4. The second-order valence-electron chi connectivity index (χ2n) is 9.19. The number of Topliss-reactive ketones (excluding diaryl/α,β-unsaturated/α-hetero) is 1. The molecule has 1 saturated carbocycles. The van der Waals surface area contributed by atoms with E-state index in [1.807, 2.05) is 6.92 Å². The summed E-state index contributed by atoms with van der Waals surface area (Å²) in [6, 6.07) is 8.38. The number of hydrogen-bond acceptors (Lipinski definition) is 5. The van der Waals surface area contributed by atoms with Gasteiger partial charge in [-0.2, -0.15) is 0 Å². The van der Waals surface area contributed by atoms with Gasteiger partial charge in [0.15, 0.2) is 5.78 Å². The molecule has 1 N–H and O–H groups in total. The van der Waals surface area contributed by atoms with Crippen LogP contribution in [-0.4, -0.2) is 30.9 Å². The Bertz CT molecular complexity index is 919. The van der Waals surface area contributed by atoms with Crippen molar-refractivity contribution in [3.05, 3.63) is 52.4 Å². The molecule has 1 atom stereocenters. The van der Waals surface area contributed by atoms with Crippen molar-refractivity contribution in [2.45, 2.75) is 84.2 Å². The first-order valence-corrected chi connectivity index (χ1v) is 12.3. The Balaban J connectivity index is 1.70. The van der Waals surface area contributed by atoms with E-state index in [-0.39, 0.29) is 23.8 Å². The first kappa shape index (κ1) is 22.6. The number of hydrogen-bond donors (Lipinski definition) is 1. The van der Waals surface area contributed by atoms with Crippen LogP contribution in [0.5, 0.6) is 0 Å². The van der Waals surface area contributed by atoms with Crippen LogP contribution in [0.15, 0.2) is 46.8 Å². The van der Waals surface area contributed by atoms with Crippen LogP contribution < -0.4 is 10.2 Å². The molecule has 0 aromatic heterocycles. The van der Waals surface area contributed by atoms with E-state index >= 15 is 0 Å². The lowest BCUT2D eigenvalue weighted by Crippen LogP contribution is -2.35. The number of ketones is 1. The number of anilines is 1. The van der Waals surface area contributed by atoms with Crippen molar-refractivity contribution < 1.29 is 14.3 Å². The van der Waals surface area contributed by atoms with Crippen LogP contribution in [0, 0.1) is 0 Å². The maximum Gasteiger partial charge on any atom is 0.337 e. The molecule has 0 bridgehead atoms. The third-order valence-electron chi connectivity index (χ3n) is 7.18. The molecular weight excluding hydrogens is 400 g/mol. The van der Waals surface area contributed by atoms with Gasteiger partial charge in [-0.1, -0.05) is 18.6 Å². The summed E-state index contributed by atoms with van der Waals surface area (Å²) in [5.41, 5.74) is 5.29. The van der Waals surface area contributed by atoms with Crippen LogP contribution in [0.2, 0.25) is 0 Å². The molecule has 0 spiro atoms. The van der Waals surface area contributed by atoms with E-state index < -0.39 is 0 Å². The zero-order chi connectivity index (χ0) is 22.7. The van der Waals surface area contributed by atoms with Gasteiger partial charge in [0.2, 0.25) is 0 Å². The molecule has 2 aliphatic carbocycles. The predicted octanol–water partition coefficient (Wildman–Crippen LogP) is 5.38. The number of rotatable bonds is 6. The van der Waals surface area contributed by atoms with Crippen LogP contribution in [-0.2, 0) is 14.3 Å². The maximum atomic E-state index is 13.4. The highest BCUT2D eigenvalue weighted by Gasteiger charge is 2.39. The Labute approximate surface area is 191 Å². The minimum absolute atomic E-state index is 0.0142. The van der Waals surface area contributed by atoms with Gasteiger partial charge in [-0.25, -0.2) is 4.79 Å². The topological polar surface area (TPSA) is 58.6 Å². The standard InChI is InChI=1S/C27H36N2O3/c1-4-29(5-2)20-16-14-19(15-17-20)25-24(27(31)32-21-10-7-6-8-11-21)18(3)28-22-12-9-13-23(30)26(22)25/h14-17,21,25,28H,4-13H2,1-3H3/t25-/m1/s1. The molecule has 4 rings (SSSR count). The second kappa shape index (κ2) is 9.93. The fraction of sp³-hybridized carbons (Fsp3) is 0.556. The lowest BCUT2D eigenvalue weighted by Gasteiger charge is -2.35. The summed E-state index contributed by atoms with van der Waals surface area (Å²) < 4.78 is 5.99. The minimum atomic E-state index is -0.360. The van der Waals surface area contributed by atoms with Gasteiger partial charge in [-0.15, -0.1) is 0 Å². The molecule has 1 aromatic carbocycles. The molecule has 1 aromatic rings. The van der Waals surface area contributed by atoms with Crippen LogP contribution in [0.1, 0.15) is 83.6 Å². The molecule has 5 heteroatoms. The fourth-order valence-corrected chi connectivity index (χ4v) is 5.45. The Morgan fingerprint density at radius 2 is 1.72 bits per heavy atom. The van der Waals surface area contributed by atoms with E-state index in [2.05, 4.69) is 48.3 Å². The zero-order valence-electron chi connectivity index (χ0n) is 19.7. The van der Waals surface area contributed by atoms with Gasteiger partial charge in [0.1, 0.15) is 6.10 Å². The Morgan fingerprint density at radius 3 is 2.38 bits per heavy atom. The minimum Gasteiger partial charge on any atom is -0.459 e. The molecule has 1 heterocycles. The van der Waals surface area contributed by atoms with Crippen molar-refractivity contribution in [2.75, 3.05) is 18.0 Å². The smallest absolute Gasteiger partial charge is 0.337 e. The van der Waals surface area contributed by atoms with Gasteiger partial charge < -0.3 is 15.0 Å².